The van der Waals surface area contributed by atoms with Gasteiger partial charge in [0.15, 0.2) is 0 Å². The number of ether oxygens (including phenoxy) is 1. The number of benzene rings is 2. The standard InChI is InChI=1S/C19H19NO4/c21-18(20-12-4-7-17(20)19(22)23)15-8-10-16(11-9-15)24-13-14-5-2-1-3-6-14/h1-3,5-6,8-11,17H,4,7,12-13H2,(H,22,23)/t17-/m0/s1. The monoisotopic (exact) mass is 325 g/mol. The maximum absolute atomic E-state index is 12.5. The van der Waals surface area contributed by atoms with Crippen LogP contribution in [0.3, 0.4) is 0 Å². The van der Waals surface area contributed by atoms with E-state index in [0.717, 1.165) is 12.0 Å². The number of carbonyl (C=O) groups excluding carboxylic acids is 1. The fourth-order valence-corrected chi connectivity index (χ4v) is 2.87. The van der Waals surface area contributed by atoms with Gasteiger partial charge in [0.1, 0.15) is 18.4 Å². The number of nitrogens with zero attached hydrogens (tertiary/aromatic N) is 1. The van der Waals surface area contributed by atoms with Crippen LogP contribution < -0.4 is 4.74 Å². The Morgan fingerprint density at radius 3 is 2.46 bits per heavy atom. The molecule has 1 atom stereocenters. The Balaban J connectivity index is 1.63. The van der Waals surface area contributed by atoms with Crippen LogP contribution in [0.5, 0.6) is 5.75 Å². The highest BCUT2D eigenvalue weighted by molar-refractivity contribution is 5.97. The molecular formula is C19H19NO4. The van der Waals surface area contributed by atoms with E-state index >= 15 is 0 Å². The average molecular weight is 325 g/mol. The lowest BCUT2D eigenvalue weighted by Crippen LogP contribution is -2.40. The molecular weight excluding hydrogens is 306 g/mol. The third-order valence-electron chi connectivity index (χ3n) is 4.15. The van der Waals surface area contributed by atoms with Crippen molar-refractivity contribution in [1.29, 1.82) is 0 Å². The van der Waals surface area contributed by atoms with Gasteiger partial charge >= 0.3 is 5.97 Å². The first kappa shape index (κ1) is 16.1. The molecule has 0 radical (unpaired) electrons. The Kier molecular flexibility index (Phi) is 4.79. The molecule has 0 unspecified atom stereocenters. The number of aliphatic carboxylic acids is 1. The molecule has 5 nitrogen and oxygen atoms in total. The lowest BCUT2D eigenvalue weighted by molar-refractivity contribution is -0.141. The highest BCUT2D eigenvalue weighted by atomic mass is 16.5. The third kappa shape index (κ3) is 3.56. The molecule has 0 aliphatic carbocycles. The normalized spacial score (nSPS) is 16.8. The topological polar surface area (TPSA) is 66.8 Å². The van der Waals surface area contributed by atoms with E-state index in [9.17, 15) is 14.7 Å². The number of hydrogen-bond acceptors (Lipinski definition) is 3. The summed E-state index contributed by atoms with van der Waals surface area (Å²) in [6.45, 7) is 0.948. The summed E-state index contributed by atoms with van der Waals surface area (Å²) in [5, 5.41) is 9.19. The number of amides is 1. The van der Waals surface area contributed by atoms with E-state index in [1.165, 1.54) is 4.90 Å². The molecule has 1 aliphatic rings. The first-order valence-corrected chi connectivity index (χ1v) is 7.96. The van der Waals surface area contributed by atoms with Crippen LogP contribution in [-0.4, -0.2) is 34.5 Å². The summed E-state index contributed by atoms with van der Waals surface area (Å²) in [6.07, 6.45) is 1.24. The van der Waals surface area contributed by atoms with Gasteiger partial charge in [0.25, 0.3) is 5.91 Å². The summed E-state index contributed by atoms with van der Waals surface area (Å²) < 4.78 is 5.69. The molecule has 0 aromatic heterocycles. The van der Waals surface area contributed by atoms with E-state index in [0.29, 0.717) is 30.9 Å². The molecule has 5 heteroatoms. The van der Waals surface area contributed by atoms with Crippen molar-refractivity contribution in [2.75, 3.05) is 6.54 Å². The molecule has 0 saturated carbocycles. The van der Waals surface area contributed by atoms with E-state index in [1.54, 1.807) is 24.3 Å². The Bertz CT molecular complexity index is 712. The number of carbonyl (C=O) groups is 2. The molecule has 2 aromatic carbocycles. The number of carboxylic acids is 1. The van der Waals surface area contributed by atoms with Crippen LogP contribution in [0, 0.1) is 0 Å². The fourth-order valence-electron chi connectivity index (χ4n) is 2.87. The van der Waals surface area contributed by atoms with Gasteiger partial charge in [0.2, 0.25) is 0 Å². The van der Waals surface area contributed by atoms with Gasteiger partial charge in [-0.15, -0.1) is 0 Å². The van der Waals surface area contributed by atoms with Crippen molar-refractivity contribution in [3.05, 3.63) is 65.7 Å². The van der Waals surface area contributed by atoms with Gasteiger partial charge in [-0.1, -0.05) is 30.3 Å². The van der Waals surface area contributed by atoms with Gasteiger partial charge in [-0.3, -0.25) is 4.79 Å². The molecule has 1 aliphatic heterocycles. The Hall–Kier alpha value is -2.82. The van der Waals surface area contributed by atoms with Crippen LogP contribution in [0.25, 0.3) is 0 Å². The Morgan fingerprint density at radius 1 is 1.08 bits per heavy atom. The van der Waals surface area contributed by atoms with Crippen molar-refractivity contribution < 1.29 is 19.4 Å². The first-order valence-electron chi connectivity index (χ1n) is 7.96. The number of rotatable bonds is 5. The summed E-state index contributed by atoms with van der Waals surface area (Å²) in [7, 11) is 0. The second kappa shape index (κ2) is 7.17. The summed E-state index contributed by atoms with van der Waals surface area (Å²) >= 11 is 0. The van der Waals surface area contributed by atoms with Crippen LogP contribution in [0.2, 0.25) is 0 Å². The quantitative estimate of drug-likeness (QED) is 0.918. The minimum Gasteiger partial charge on any atom is -0.489 e. The summed E-state index contributed by atoms with van der Waals surface area (Å²) in [6, 6.07) is 15.9. The SMILES string of the molecule is O=C(O)[C@@H]1CCCN1C(=O)c1ccc(OCc2ccccc2)cc1. The van der Waals surface area contributed by atoms with Crippen LogP contribution in [0.4, 0.5) is 0 Å². The number of likely N-dealkylation sites (tertiary alicyclic amines) is 1. The molecule has 0 bridgehead atoms. The van der Waals surface area contributed by atoms with E-state index < -0.39 is 12.0 Å². The van der Waals surface area contributed by atoms with Crippen LogP contribution >= 0.6 is 0 Å². The second-order valence-electron chi connectivity index (χ2n) is 5.79. The van der Waals surface area contributed by atoms with Crippen molar-refractivity contribution >= 4 is 11.9 Å². The van der Waals surface area contributed by atoms with E-state index in [2.05, 4.69) is 0 Å². The van der Waals surface area contributed by atoms with Crippen molar-refractivity contribution in [1.82, 2.24) is 4.90 Å². The van der Waals surface area contributed by atoms with Crippen LogP contribution in [0.1, 0.15) is 28.8 Å². The predicted molar refractivity (Wildman–Crippen MR) is 88.9 cm³/mol. The lowest BCUT2D eigenvalue weighted by Gasteiger charge is -2.21. The minimum absolute atomic E-state index is 0.241. The van der Waals surface area contributed by atoms with E-state index in [1.807, 2.05) is 30.3 Å². The average Bonchev–Trinajstić information content (AvgIpc) is 3.11. The van der Waals surface area contributed by atoms with E-state index in [-0.39, 0.29) is 5.91 Å². The second-order valence-corrected chi connectivity index (χ2v) is 5.79. The Morgan fingerprint density at radius 2 is 1.79 bits per heavy atom. The summed E-state index contributed by atoms with van der Waals surface area (Å²) in [4.78, 5) is 25.1. The molecule has 2 aromatic rings. The molecule has 3 rings (SSSR count). The molecule has 1 saturated heterocycles. The van der Waals surface area contributed by atoms with Crippen LogP contribution in [0.15, 0.2) is 54.6 Å². The van der Waals surface area contributed by atoms with Gasteiger partial charge in [0, 0.05) is 12.1 Å². The van der Waals surface area contributed by atoms with E-state index in [4.69, 9.17) is 4.74 Å². The summed E-state index contributed by atoms with van der Waals surface area (Å²) in [5.74, 6) is -0.509. The third-order valence-corrected chi connectivity index (χ3v) is 4.15. The van der Waals surface area contributed by atoms with Gasteiger partial charge in [0.05, 0.1) is 0 Å². The van der Waals surface area contributed by atoms with Crippen molar-refractivity contribution in [3.8, 4) is 5.75 Å². The van der Waals surface area contributed by atoms with Crippen LogP contribution in [-0.2, 0) is 11.4 Å². The smallest absolute Gasteiger partial charge is 0.326 e. The number of hydrogen-bond donors (Lipinski definition) is 1. The molecule has 24 heavy (non-hydrogen) atoms. The largest absolute Gasteiger partial charge is 0.489 e. The molecule has 1 heterocycles. The van der Waals surface area contributed by atoms with Gasteiger partial charge in [-0.05, 0) is 42.7 Å². The molecule has 1 N–H and O–H groups in total. The highest BCUT2D eigenvalue weighted by Crippen LogP contribution is 2.22. The highest BCUT2D eigenvalue weighted by Gasteiger charge is 2.34. The van der Waals surface area contributed by atoms with Gasteiger partial charge < -0.3 is 14.7 Å². The predicted octanol–water partition coefficient (Wildman–Crippen LogP) is 2.95. The first-order chi connectivity index (χ1) is 11.6. The van der Waals surface area contributed by atoms with Crippen molar-refractivity contribution in [2.45, 2.75) is 25.5 Å². The maximum atomic E-state index is 12.5. The zero-order chi connectivity index (χ0) is 16.9. The molecule has 124 valence electrons. The maximum Gasteiger partial charge on any atom is 0.326 e. The van der Waals surface area contributed by atoms with Crippen molar-refractivity contribution in [3.63, 3.8) is 0 Å². The molecule has 1 fully saturated rings. The molecule has 1 amide bonds. The zero-order valence-electron chi connectivity index (χ0n) is 13.2. The lowest BCUT2D eigenvalue weighted by atomic mass is 10.1. The summed E-state index contributed by atoms with van der Waals surface area (Å²) in [5.41, 5.74) is 1.55. The Labute approximate surface area is 140 Å². The van der Waals surface area contributed by atoms with Gasteiger partial charge in [-0.25, -0.2) is 4.79 Å². The fraction of sp³-hybridized carbons (Fsp3) is 0.263. The zero-order valence-corrected chi connectivity index (χ0v) is 13.2. The van der Waals surface area contributed by atoms with Gasteiger partial charge in [-0.2, -0.15) is 0 Å². The molecule has 0 spiro atoms. The number of carboxylic acid groups (broad SMARTS) is 1. The minimum atomic E-state index is -0.941. The van der Waals surface area contributed by atoms with Crippen molar-refractivity contribution in [2.24, 2.45) is 0 Å².